The maximum atomic E-state index is 13.1. The quantitative estimate of drug-likeness (QED) is 0.781. The van der Waals surface area contributed by atoms with E-state index in [1.54, 1.807) is 0 Å². The highest BCUT2D eigenvalue weighted by Gasteiger charge is 2.33. The van der Waals surface area contributed by atoms with Crippen LogP contribution in [0.2, 0.25) is 5.02 Å². The fourth-order valence-electron chi connectivity index (χ4n) is 1.91. The summed E-state index contributed by atoms with van der Waals surface area (Å²) in [7, 11) is 0. The van der Waals surface area contributed by atoms with Gasteiger partial charge >= 0.3 is 6.18 Å². The average Bonchev–Trinajstić information content (AvgIpc) is 2.53. The summed E-state index contributed by atoms with van der Waals surface area (Å²) in [5, 5.41) is 5.15. The predicted molar refractivity (Wildman–Crippen MR) is 86.5 cm³/mol. The maximum absolute atomic E-state index is 13.1. The second-order valence-corrected chi connectivity index (χ2v) is 5.21. The Labute approximate surface area is 141 Å². The van der Waals surface area contributed by atoms with E-state index in [0.29, 0.717) is 0 Å². The third kappa shape index (κ3) is 4.48. The molecule has 1 amide bonds. The number of amides is 1. The molecule has 0 aliphatic carbocycles. The van der Waals surface area contributed by atoms with Crippen LogP contribution in [0.4, 0.5) is 24.5 Å². The minimum Gasteiger partial charge on any atom is -0.354 e. The molecule has 24 heavy (non-hydrogen) atoms. The zero-order chi connectivity index (χ0) is 17.7. The molecular formula is C16H13ClF3N3O. The zero-order valence-corrected chi connectivity index (χ0v) is 13.1. The van der Waals surface area contributed by atoms with Crippen molar-refractivity contribution in [2.45, 2.75) is 6.18 Å². The van der Waals surface area contributed by atoms with Gasteiger partial charge in [0.1, 0.15) is 0 Å². The molecule has 0 unspecified atom stereocenters. The molecule has 0 bridgehead atoms. The van der Waals surface area contributed by atoms with Crippen LogP contribution in [0.5, 0.6) is 0 Å². The maximum Gasteiger partial charge on any atom is 0.418 e. The Hall–Kier alpha value is -2.54. The summed E-state index contributed by atoms with van der Waals surface area (Å²) in [6.45, 7) is 3.75. The van der Waals surface area contributed by atoms with Crippen LogP contribution < -0.4 is 10.6 Å². The Balaban J connectivity index is 2.29. The first-order valence-electron chi connectivity index (χ1n) is 6.79. The molecule has 2 N–H and O–H groups in total. The fourth-order valence-corrected chi connectivity index (χ4v) is 2.09. The molecule has 126 valence electrons. The standard InChI is InChI=1S/C16H13ClF3N3O/c1-2-5-22-15(24)10-6-12(9-21-8-10)23-14-4-3-11(17)7-13(14)16(18,19)20/h2-4,6-9,23H,1,5H2,(H,22,24). The number of benzene rings is 1. The summed E-state index contributed by atoms with van der Waals surface area (Å²) in [5.41, 5.74) is -0.632. The van der Waals surface area contributed by atoms with Crippen molar-refractivity contribution in [1.82, 2.24) is 10.3 Å². The third-order valence-electron chi connectivity index (χ3n) is 2.97. The lowest BCUT2D eigenvalue weighted by Gasteiger charge is -2.15. The monoisotopic (exact) mass is 355 g/mol. The van der Waals surface area contributed by atoms with Crippen LogP contribution in [-0.2, 0) is 6.18 Å². The van der Waals surface area contributed by atoms with E-state index in [2.05, 4.69) is 22.2 Å². The second-order valence-electron chi connectivity index (χ2n) is 4.77. The first-order chi connectivity index (χ1) is 11.3. The lowest BCUT2D eigenvalue weighted by atomic mass is 10.1. The lowest BCUT2D eigenvalue weighted by Crippen LogP contribution is -2.23. The number of nitrogens with zero attached hydrogens (tertiary/aromatic N) is 1. The topological polar surface area (TPSA) is 54.0 Å². The molecule has 0 saturated heterocycles. The van der Waals surface area contributed by atoms with Gasteiger partial charge in [-0.1, -0.05) is 17.7 Å². The molecule has 4 nitrogen and oxygen atoms in total. The van der Waals surface area contributed by atoms with Gasteiger partial charge in [-0.05, 0) is 24.3 Å². The number of rotatable bonds is 5. The Morgan fingerprint density at radius 2 is 2.04 bits per heavy atom. The van der Waals surface area contributed by atoms with Crippen molar-refractivity contribution >= 4 is 28.9 Å². The Morgan fingerprint density at radius 3 is 2.71 bits per heavy atom. The largest absolute Gasteiger partial charge is 0.418 e. The number of hydrogen-bond acceptors (Lipinski definition) is 3. The van der Waals surface area contributed by atoms with Crippen LogP contribution >= 0.6 is 11.6 Å². The van der Waals surface area contributed by atoms with Gasteiger partial charge in [0.15, 0.2) is 0 Å². The summed E-state index contributed by atoms with van der Waals surface area (Å²) in [6.07, 6.45) is -0.425. The number of alkyl halides is 3. The summed E-state index contributed by atoms with van der Waals surface area (Å²) in [6, 6.07) is 4.79. The van der Waals surface area contributed by atoms with Crippen LogP contribution in [0.15, 0.2) is 49.3 Å². The number of nitrogens with one attached hydrogen (secondary N) is 2. The van der Waals surface area contributed by atoms with Crippen LogP contribution in [0.25, 0.3) is 0 Å². The molecule has 0 radical (unpaired) electrons. The number of carbonyl (C=O) groups is 1. The molecular weight excluding hydrogens is 343 g/mol. The molecule has 0 aliphatic rings. The zero-order valence-electron chi connectivity index (χ0n) is 12.3. The molecule has 1 aromatic carbocycles. The summed E-state index contributed by atoms with van der Waals surface area (Å²) in [5.74, 6) is -0.404. The minimum atomic E-state index is -4.57. The summed E-state index contributed by atoms with van der Waals surface area (Å²) >= 11 is 5.64. The molecule has 0 fully saturated rings. The summed E-state index contributed by atoms with van der Waals surface area (Å²) in [4.78, 5) is 15.7. The number of aromatic nitrogens is 1. The normalized spacial score (nSPS) is 11.0. The Kier molecular flexibility index (Phi) is 5.46. The molecule has 0 aliphatic heterocycles. The molecule has 1 heterocycles. The van der Waals surface area contributed by atoms with Crippen molar-refractivity contribution in [1.29, 1.82) is 0 Å². The molecule has 0 spiro atoms. The van der Waals surface area contributed by atoms with E-state index < -0.39 is 17.6 Å². The molecule has 8 heteroatoms. The van der Waals surface area contributed by atoms with Gasteiger partial charge < -0.3 is 10.6 Å². The van der Waals surface area contributed by atoms with E-state index in [4.69, 9.17) is 11.6 Å². The van der Waals surface area contributed by atoms with E-state index in [1.165, 1.54) is 36.7 Å². The van der Waals surface area contributed by atoms with E-state index in [0.717, 1.165) is 6.07 Å². The highest BCUT2D eigenvalue weighted by atomic mass is 35.5. The van der Waals surface area contributed by atoms with Gasteiger partial charge in [-0.25, -0.2) is 0 Å². The van der Waals surface area contributed by atoms with Gasteiger partial charge in [0.2, 0.25) is 0 Å². The highest BCUT2D eigenvalue weighted by Crippen LogP contribution is 2.37. The number of carbonyl (C=O) groups excluding carboxylic acids is 1. The highest BCUT2D eigenvalue weighted by molar-refractivity contribution is 6.30. The van der Waals surface area contributed by atoms with Crippen molar-refractivity contribution in [3.63, 3.8) is 0 Å². The van der Waals surface area contributed by atoms with Gasteiger partial charge in [0.25, 0.3) is 5.91 Å². The van der Waals surface area contributed by atoms with Gasteiger partial charge in [-0.2, -0.15) is 13.2 Å². The minimum absolute atomic E-state index is 0.0245. The molecule has 0 saturated carbocycles. The van der Waals surface area contributed by atoms with Crippen molar-refractivity contribution in [2.24, 2.45) is 0 Å². The van der Waals surface area contributed by atoms with E-state index >= 15 is 0 Å². The third-order valence-corrected chi connectivity index (χ3v) is 3.21. The van der Waals surface area contributed by atoms with Gasteiger partial charge in [-0.3, -0.25) is 9.78 Å². The van der Waals surface area contributed by atoms with Gasteiger partial charge in [-0.15, -0.1) is 6.58 Å². The van der Waals surface area contributed by atoms with Gasteiger partial charge in [0, 0.05) is 17.8 Å². The molecule has 2 aromatic rings. The van der Waals surface area contributed by atoms with E-state index in [9.17, 15) is 18.0 Å². The number of anilines is 2. The van der Waals surface area contributed by atoms with Crippen molar-refractivity contribution in [3.8, 4) is 0 Å². The average molecular weight is 356 g/mol. The van der Waals surface area contributed by atoms with Crippen LogP contribution in [0, 0.1) is 0 Å². The van der Waals surface area contributed by atoms with Crippen LogP contribution in [0.3, 0.4) is 0 Å². The van der Waals surface area contributed by atoms with Crippen molar-refractivity contribution in [2.75, 3.05) is 11.9 Å². The smallest absolute Gasteiger partial charge is 0.354 e. The molecule has 2 rings (SSSR count). The first-order valence-corrected chi connectivity index (χ1v) is 7.17. The molecule has 0 atom stereocenters. The van der Waals surface area contributed by atoms with Gasteiger partial charge in [0.05, 0.1) is 28.7 Å². The van der Waals surface area contributed by atoms with E-state index in [1.807, 2.05) is 0 Å². The van der Waals surface area contributed by atoms with Crippen LogP contribution in [0.1, 0.15) is 15.9 Å². The van der Waals surface area contributed by atoms with Crippen molar-refractivity contribution < 1.29 is 18.0 Å². The number of hydrogen-bond donors (Lipinski definition) is 2. The Morgan fingerprint density at radius 1 is 1.29 bits per heavy atom. The van der Waals surface area contributed by atoms with E-state index in [-0.39, 0.29) is 28.5 Å². The predicted octanol–water partition coefficient (Wildman–Crippen LogP) is 4.41. The van der Waals surface area contributed by atoms with Crippen molar-refractivity contribution in [3.05, 3.63) is 65.5 Å². The SMILES string of the molecule is C=CCNC(=O)c1cncc(Nc2ccc(Cl)cc2C(F)(F)F)c1. The second kappa shape index (κ2) is 7.35. The molecule has 1 aromatic heterocycles. The number of pyridine rings is 1. The lowest BCUT2D eigenvalue weighted by molar-refractivity contribution is -0.136. The number of halogens is 4. The first kappa shape index (κ1) is 17.8. The van der Waals surface area contributed by atoms with Crippen LogP contribution in [-0.4, -0.2) is 17.4 Å². The fraction of sp³-hybridized carbons (Fsp3) is 0.125. The summed E-state index contributed by atoms with van der Waals surface area (Å²) < 4.78 is 39.3. The Bertz CT molecular complexity index is 762.